The van der Waals surface area contributed by atoms with E-state index in [-0.39, 0.29) is 30.2 Å². The Morgan fingerprint density at radius 1 is 1.10 bits per heavy atom. The minimum absolute atomic E-state index is 0.207. The summed E-state index contributed by atoms with van der Waals surface area (Å²) < 4.78 is 16.7. The second-order valence-electron chi connectivity index (χ2n) is 7.41. The van der Waals surface area contributed by atoms with E-state index in [0.29, 0.717) is 25.5 Å². The number of carbonyl (C=O) groups is 2. The molecule has 6 nitrogen and oxygen atoms in total. The number of nitrogens with zero attached hydrogens (tertiary/aromatic N) is 1. The fraction of sp³-hybridized carbons (Fsp3) is 0.333. The Kier molecular flexibility index (Phi) is 6.02. The van der Waals surface area contributed by atoms with Gasteiger partial charge in [0.2, 0.25) is 0 Å². The molecule has 2 aromatic carbocycles. The van der Waals surface area contributed by atoms with Gasteiger partial charge in [0.1, 0.15) is 18.1 Å². The van der Waals surface area contributed by atoms with Crippen molar-refractivity contribution in [3.05, 3.63) is 66.1 Å². The van der Waals surface area contributed by atoms with Crippen molar-refractivity contribution in [3.63, 3.8) is 0 Å². The molecule has 2 heterocycles. The van der Waals surface area contributed by atoms with Gasteiger partial charge >= 0.3 is 5.97 Å². The molecule has 0 radical (unpaired) electrons. The molecule has 6 heteroatoms. The van der Waals surface area contributed by atoms with E-state index >= 15 is 0 Å². The van der Waals surface area contributed by atoms with Crippen LogP contribution in [0.1, 0.15) is 36.1 Å². The molecule has 4 rings (SSSR count). The molecule has 0 bridgehead atoms. The van der Waals surface area contributed by atoms with Crippen LogP contribution in [0.15, 0.2) is 59.0 Å². The number of likely N-dealkylation sites (tertiary alicyclic amines) is 1. The first-order chi connectivity index (χ1) is 14.6. The number of furan rings is 1. The number of piperidine rings is 1. The highest BCUT2D eigenvalue weighted by molar-refractivity contribution is 5.92. The summed E-state index contributed by atoms with van der Waals surface area (Å²) in [5.41, 5.74) is 0. The summed E-state index contributed by atoms with van der Waals surface area (Å²) in [6, 6.07) is 17.4. The quantitative estimate of drug-likeness (QED) is 0.566. The molecule has 0 spiro atoms. The smallest absolute Gasteiger partial charge is 0.310 e. The van der Waals surface area contributed by atoms with E-state index in [1.165, 1.54) is 0 Å². The van der Waals surface area contributed by atoms with E-state index < -0.39 is 0 Å². The minimum atomic E-state index is -0.270. The van der Waals surface area contributed by atoms with Gasteiger partial charge in [-0.15, -0.1) is 0 Å². The van der Waals surface area contributed by atoms with Crippen molar-refractivity contribution < 1.29 is 23.5 Å². The van der Waals surface area contributed by atoms with E-state index in [1.54, 1.807) is 24.0 Å². The second kappa shape index (κ2) is 9.03. The third kappa shape index (κ3) is 4.48. The molecule has 30 heavy (non-hydrogen) atoms. The number of hydrogen-bond donors (Lipinski definition) is 0. The Morgan fingerprint density at radius 3 is 2.77 bits per heavy atom. The highest BCUT2D eigenvalue weighted by atomic mass is 16.5. The highest BCUT2D eigenvalue weighted by Crippen LogP contribution is 2.23. The van der Waals surface area contributed by atoms with Gasteiger partial charge in [-0.2, -0.15) is 0 Å². The number of fused-ring (bicyclic) bond motifs is 1. The lowest BCUT2D eigenvalue weighted by Gasteiger charge is -2.30. The average Bonchev–Trinajstić information content (AvgIpc) is 3.26. The van der Waals surface area contributed by atoms with Gasteiger partial charge < -0.3 is 18.8 Å². The molecular formula is C24H25NO5. The summed E-state index contributed by atoms with van der Waals surface area (Å²) in [6.07, 6.45) is 1.51. The van der Waals surface area contributed by atoms with E-state index in [1.807, 2.05) is 36.4 Å². The van der Waals surface area contributed by atoms with Crippen LogP contribution >= 0.6 is 0 Å². The predicted molar refractivity (Wildman–Crippen MR) is 112 cm³/mol. The van der Waals surface area contributed by atoms with Crippen molar-refractivity contribution in [2.75, 3.05) is 19.7 Å². The summed E-state index contributed by atoms with van der Waals surface area (Å²) in [7, 11) is 0. The van der Waals surface area contributed by atoms with E-state index in [9.17, 15) is 9.59 Å². The first-order valence-corrected chi connectivity index (χ1v) is 10.3. The number of benzene rings is 2. The summed E-state index contributed by atoms with van der Waals surface area (Å²) in [5.74, 6) is 0.863. The van der Waals surface area contributed by atoms with E-state index in [2.05, 4.69) is 6.07 Å². The molecule has 1 aliphatic heterocycles. The van der Waals surface area contributed by atoms with Crippen LogP contribution in [0.25, 0.3) is 10.8 Å². The van der Waals surface area contributed by atoms with Gasteiger partial charge in [0.15, 0.2) is 5.76 Å². The Hall–Kier alpha value is -3.28. The lowest BCUT2D eigenvalue weighted by Crippen LogP contribution is -2.42. The van der Waals surface area contributed by atoms with Crippen molar-refractivity contribution in [1.29, 1.82) is 0 Å². The van der Waals surface area contributed by atoms with Gasteiger partial charge in [0.25, 0.3) is 5.91 Å². The Bertz CT molecular complexity index is 1040. The molecule has 156 valence electrons. The molecule has 1 amide bonds. The zero-order valence-electron chi connectivity index (χ0n) is 17.0. The molecule has 1 saturated heterocycles. The molecule has 3 aromatic rings. The van der Waals surface area contributed by atoms with Crippen LogP contribution in [-0.4, -0.2) is 36.5 Å². The van der Waals surface area contributed by atoms with Crippen LogP contribution in [-0.2, 0) is 16.1 Å². The van der Waals surface area contributed by atoms with Gasteiger partial charge in [-0.3, -0.25) is 9.59 Å². The molecule has 1 aromatic heterocycles. The summed E-state index contributed by atoms with van der Waals surface area (Å²) in [6.45, 7) is 3.34. The van der Waals surface area contributed by atoms with Gasteiger partial charge in [0.05, 0.1) is 12.5 Å². The lowest BCUT2D eigenvalue weighted by molar-refractivity contribution is -0.149. The van der Waals surface area contributed by atoms with E-state index in [4.69, 9.17) is 13.9 Å². The fourth-order valence-electron chi connectivity index (χ4n) is 3.75. The number of rotatable bonds is 6. The molecule has 1 atom stereocenters. The zero-order chi connectivity index (χ0) is 20.9. The topological polar surface area (TPSA) is 69.0 Å². The standard InChI is InChI=1S/C24H25NO5/c1-2-28-24(27)19-8-5-13-25(15-19)23(26)22-12-11-21(30-22)16-29-20-10-9-17-6-3-4-7-18(17)14-20/h3-4,6-7,9-12,14,19H,2,5,8,13,15-16H2,1H3. The SMILES string of the molecule is CCOC(=O)C1CCCN(C(=O)c2ccc(COc3ccc4ccccc4c3)o2)C1. The predicted octanol–water partition coefficient (Wildman–Crippen LogP) is 4.43. The average molecular weight is 407 g/mol. The number of ether oxygens (including phenoxy) is 2. The van der Waals surface area contributed by atoms with Crippen molar-refractivity contribution >= 4 is 22.6 Å². The maximum atomic E-state index is 12.8. The van der Waals surface area contributed by atoms with Crippen molar-refractivity contribution in [2.45, 2.75) is 26.4 Å². The lowest BCUT2D eigenvalue weighted by atomic mass is 9.98. The van der Waals surface area contributed by atoms with Crippen LogP contribution < -0.4 is 4.74 Å². The second-order valence-corrected chi connectivity index (χ2v) is 7.41. The van der Waals surface area contributed by atoms with Gasteiger partial charge in [-0.25, -0.2) is 0 Å². The monoisotopic (exact) mass is 407 g/mol. The minimum Gasteiger partial charge on any atom is -0.486 e. The van der Waals surface area contributed by atoms with E-state index in [0.717, 1.165) is 29.4 Å². The van der Waals surface area contributed by atoms with Crippen LogP contribution in [0.4, 0.5) is 0 Å². The summed E-state index contributed by atoms with van der Waals surface area (Å²) in [5, 5.41) is 2.25. The Balaban J connectivity index is 1.37. The molecular weight excluding hydrogens is 382 g/mol. The Labute approximate surface area is 175 Å². The maximum Gasteiger partial charge on any atom is 0.310 e. The van der Waals surface area contributed by atoms with Crippen molar-refractivity contribution in [3.8, 4) is 5.75 Å². The Morgan fingerprint density at radius 2 is 1.93 bits per heavy atom. The van der Waals surface area contributed by atoms with Crippen LogP contribution in [0.2, 0.25) is 0 Å². The number of esters is 1. The van der Waals surface area contributed by atoms with Crippen molar-refractivity contribution in [2.24, 2.45) is 5.92 Å². The first kappa shape index (κ1) is 20.0. The zero-order valence-corrected chi connectivity index (χ0v) is 17.0. The van der Waals surface area contributed by atoms with Crippen LogP contribution in [0.3, 0.4) is 0 Å². The molecule has 1 fully saturated rings. The third-order valence-electron chi connectivity index (χ3n) is 5.30. The van der Waals surface area contributed by atoms with Gasteiger partial charge in [0, 0.05) is 13.1 Å². The fourth-order valence-corrected chi connectivity index (χ4v) is 3.75. The van der Waals surface area contributed by atoms with Crippen LogP contribution in [0, 0.1) is 5.92 Å². The molecule has 1 unspecified atom stereocenters. The van der Waals surface area contributed by atoms with Gasteiger partial charge in [-0.05, 0) is 54.8 Å². The molecule has 0 N–H and O–H groups in total. The number of hydrogen-bond acceptors (Lipinski definition) is 5. The summed E-state index contributed by atoms with van der Waals surface area (Å²) in [4.78, 5) is 26.5. The number of carbonyl (C=O) groups excluding carboxylic acids is 2. The van der Waals surface area contributed by atoms with Crippen LogP contribution in [0.5, 0.6) is 5.75 Å². The normalized spacial score (nSPS) is 16.4. The third-order valence-corrected chi connectivity index (χ3v) is 5.30. The molecule has 0 saturated carbocycles. The number of amides is 1. The largest absolute Gasteiger partial charge is 0.486 e. The molecule has 1 aliphatic rings. The highest BCUT2D eigenvalue weighted by Gasteiger charge is 2.30. The molecule has 0 aliphatic carbocycles. The maximum absolute atomic E-state index is 12.8. The first-order valence-electron chi connectivity index (χ1n) is 10.3. The summed E-state index contributed by atoms with van der Waals surface area (Å²) >= 11 is 0. The van der Waals surface area contributed by atoms with Gasteiger partial charge in [-0.1, -0.05) is 30.3 Å². The van der Waals surface area contributed by atoms with Crippen molar-refractivity contribution in [1.82, 2.24) is 4.90 Å².